The van der Waals surface area contributed by atoms with Gasteiger partial charge in [-0.05, 0) is 70.0 Å². The zero-order valence-corrected chi connectivity index (χ0v) is 17.2. The molecule has 26 heavy (non-hydrogen) atoms. The smallest absolute Gasteiger partial charge is 0.197 e. The van der Waals surface area contributed by atoms with Gasteiger partial charge in [-0.3, -0.25) is 4.79 Å². The van der Waals surface area contributed by atoms with Gasteiger partial charge in [-0.1, -0.05) is 51.1 Å². The molecule has 0 atom stereocenters. The lowest BCUT2D eigenvalue weighted by Crippen LogP contribution is -2.13. The highest BCUT2D eigenvalue weighted by Crippen LogP contribution is 2.30. The number of hydrogen-bond acceptors (Lipinski definition) is 1. The van der Waals surface area contributed by atoms with Crippen molar-refractivity contribution >= 4 is 44.4 Å². The summed E-state index contributed by atoms with van der Waals surface area (Å²) in [5.41, 5.74) is 4.49. The Kier molecular flexibility index (Phi) is 4.14. The molecule has 0 unspecified atom stereocenters. The van der Waals surface area contributed by atoms with E-state index in [0.29, 0.717) is 0 Å². The Bertz CT molecular complexity index is 1140. The van der Waals surface area contributed by atoms with E-state index < -0.39 is 0 Å². The van der Waals surface area contributed by atoms with Crippen molar-refractivity contribution in [1.29, 1.82) is 0 Å². The molecule has 4 rings (SSSR count). The van der Waals surface area contributed by atoms with Crippen LogP contribution in [0.25, 0.3) is 27.5 Å². The van der Waals surface area contributed by atoms with Gasteiger partial charge in [0.1, 0.15) is 0 Å². The van der Waals surface area contributed by atoms with E-state index in [-0.39, 0.29) is 10.8 Å². The molecule has 130 valence electrons. The fraction of sp³-hybridized carbons (Fsp3) is 0.174. The van der Waals surface area contributed by atoms with Gasteiger partial charge in [-0.25, -0.2) is 0 Å². The molecule has 0 saturated heterocycles. The molecule has 0 aliphatic carbocycles. The number of hydrogen-bond donors (Lipinski definition) is 0. The predicted molar refractivity (Wildman–Crippen MR) is 118 cm³/mol. The lowest BCUT2D eigenvalue weighted by molar-refractivity contribution is 0.589. The summed E-state index contributed by atoms with van der Waals surface area (Å²) in [5, 5.41) is 1.50. The van der Waals surface area contributed by atoms with Crippen LogP contribution in [0.2, 0.25) is 0 Å². The van der Waals surface area contributed by atoms with E-state index in [2.05, 4.69) is 66.1 Å². The van der Waals surface area contributed by atoms with Crippen LogP contribution in [0.5, 0.6) is 0 Å². The summed E-state index contributed by atoms with van der Waals surface area (Å²) in [6, 6.07) is 22.3. The van der Waals surface area contributed by atoms with Gasteiger partial charge in [0.05, 0.1) is 16.7 Å². The average molecular weight is 453 g/mol. The fourth-order valence-electron chi connectivity index (χ4n) is 3.41. The summed E-state index contributed by atoms with van der Waals surface area (Å²) in [6.45, 7) is 6.67. The van der Waals surface area contributed by atoms with Crippen LogP contribution in [0.3, 0.4) is 0 Å². The molecule has 3 aromatic carbocycles. The predicted octanol–water partition coefficient (Wildman–Crippen LogP) is 6.05. The van der Waals surface area contributed by atoms with Crippen molar-refractivity contribution in [3.8, 4) is 5.69 Å². The number of rotatable bonds is 1. The quantitative estimate of drug-likeness (QED) is 0.254. The van der Waals surface area contributed by atoms with Crippen molar-refractivity contribution < 1.29 is 0 Å². The average Bonchev–Trinajstić information content (AvgIpc) is 2.62. The maximum Gasteiger partial charge on any atom is 0.197 e. The molecule has 0 amide bonds. The molecule has 3 heteroatoms. The SMILES string of the molecule is CC(C)(C)c1ccc(-n2c3ccccc3c(=O)c3ccccc32)c(I)c1. The highest BCUT2D eigenvalue weighted by atomic mass is 127. The summed E-state index contributed by atoms with van der Waals surface area (Å²) >= 11 is 2.40. The number of nitrogens with zero attached hydrogens (tertiary/aromatic N) is 1. The minimum Gasteiger partial charge on any atom is -0.308 e. The summed E-state index contributed by atoms with van der Waals surface area (Å²) < 4.78 is 3.38. The third-order valence-electron chi connectivity index (χ3n) is 4.83. The minimum absolute atomic E-state index is 0.0915. The Hall–Kier alpha value is -2.14. The molecule has 2 nitrogen and oxygen atoms in total. The van der Waals surface area contributed by atoms with Crippen LogP contribution < -0.4 is 5.43 Å². The van der Waals surface area contributed by atoms with Gasteiger partial charge in [0, 0.05) is 14.3 Å². The first-order valence-electron chi connectivity index (χ1n) is 8.71. The van der Waals surface area contributed by atoms with Crippen LogP contribution in [0.1, 0.15) is 26.3 Å². The topological polar surface area (TPSA) is 22.0 Å². The maximum atomic E-state index is 12.9. The Balaban J connectivity index is 2.14. The highest BCUT2D eigenvalue weighted by molar-refractivity contribution is 14.1. The van der Waals surface area contributed by atoms with E-state index in [1.54, 1.807) is 0 Å². The number of pyridine rings is 1. The molecule has 4 aromatic rings. The lowest BCUT2D eigenvalue weighted by atomic mass is 9.87. The molecule has 0 aliphatic rings. The Morgan fingerprint density at radius 2 is 1.35 bits per heavy atom. The van der Waals surface area contributed by atoms with Crippen molar-refractivity contribution in [2.24, 2.45) is 0 Å². The zero-order chi connectivity index (χ0) is 18.5. The fourth-order valence-corrected chi connectivity index (χ4v) is 4.17. The van der Waals surface area contributed by atoms with E-state index in [4.69, 9.17) is 0 Å². The summed E-state index contributed by atoms with van der Waals surface area (Å²) in [7, 11) is 0. The molecule has 1 heterocycles. The third kappa shape index (κ3) is 2.75. The first-order valence-corrected chi connectivity index (χ1v) is 9.79. The van der Waals surface area contributed by atoms with Crippen LogP contribution in [0.15, 0.2) is 71.5 Å². The molecule has 0 aliphatic heterocycles. The van der Waals surface area contributed by atoms with E-state index in [9.17, 15) is 4.79 Å². The van der Waals surface area contributed by atoms with Crippen molar-refractivity contribution in [2.45, 2.75) is 26.2 Å². The number of para-hydroxylation sites is 2. The molecule has 0 N–H and O–H groups in total. The number of halogens is 1. The number of benzene rings is 3. The lowest BCUT2D eigenvalue weighted by Gasteiger charge is -2.22. The zero-order valence-electron chi connectivity index (χ0n) is 15.1. The standard InChI is InChI=1S/C23H20INO/c1-23(2,3)15-12-13-21(18(24)14-15)25-19-10-6-4-8-16(19)22(26)17-9-5-7-11-20(17)25/h4-14H,1-3H3. The van der Waals surface area contributed by atoms with Crippen LogP contribution >= 0.6 is 22.6 Å². The number of fused-ring (bicyclic) bond motifs is 2. The second-order valence-electron chi connectivity index (χ2n) is 7.62. The van der Waals surface area contributed by atoms with Gasteiger partial charge in [0.2, 0.25) is 0 Å². The summed E-state index contributed by atoms with van der Waals surface area (Å²) in [6.07, 6.45) is 0. The van der Waals surface area contributed by atoms with E-state index in [1.807, 2.05) is 48.5 Å². The molecule has 1 aromatic heterocycles. The molecule has 0 spiro atoms. The van der Waals surface area contributed by atoms with Gasteiger partial charge in [-0.15, -0.1) is 0 Å². The van der Waals surface area contributed by atoms with Crippen LogP contribution in [0, 0.1) is 3.57 Å². The Morgan fingerprint density at radius 1 is 0.808 bits per heavy atom. The minimum atomic E-state index is 0.0915. The normalized spacial score (nSPS) is 12.0. The Morgan fingerprint density at radius 3 is 1.85 bits per heavy atom. The maximum absolute atomic E-state index is 12.9. The molecule has 0 saturated carbocycles. The second kappa shape index (κ2) is 6.23. The van der Waals surface area contributed by atoms with Crippen molar-refractivity contribution in [3.05, 3.63) is 86.1 Å². The second-order valence-corrected chi connectivity index (χ2v) is 8.78. The van der Waals surface area contributed by atoms with Gasteiger partial charge < -0.3 is 4.57 Å². The summed E-state index contributed by atoms with van der Waals surface area (Å²) in [5.74, 6) is 0. The van der Waals surface area contributed by atoms with Crippen molar-refractivity contribution in [2.75, 3.05) is 0 Å². The van der Waals surface area contributed by atoms with Crippen molar-refractivity contribution in [1.82, 2.24) is 4.57 Å². The highest BCUT2D eigenvalue weighted by Gasteiger charge is 2.17. The van der Waals surface area contributed by atoms with E-state index in [0.717, 1.165) is 27.5 Å². The van der Waals surface area contributed by atoms with Crippen LogP contribution in [-0.4, -0.2) is 4.57 Å². The monoisotopic (exact) mass is 453 g/mol. The van der Waals surface area contributed by atoms with E-state index in [1.165, 1.54) is 9.13 Å². The third-order valence-corrected chi connectivity index (χ3v) is 5.70. The Labute approximate surface area is 166 Å². The van der Waals surface area contributed by atoms with Crippen LogP contribution in [0.4, 0.5) is 0 Å². The largest absolute Gasteiger partial charge is 0.308 e. The molecular formula is C23H20INO. The molecule has 0 bridgehead atoms. The van der Waals surface area contributed by atoms with Crippen molar-refractivity contribution in [3.63, 3.8) is 0 Å². The first kappa shape index (κ1) is 17.3. The van der Waals surface area contributed by atoms with Gasteiger partial charge >= 0.3 is 0 Å². The van der Waals surface area contributed by atoms with Gasteiger partial charge in [0.15, 0.2) is 5.43 Å². The first-order chi connectivity index (χ1) is 12.4. The number of aromatic nitrogens is 1. The van der Waals surface area contributed by atoms with E-state index >= 15 is 0 Å². The van der Waals surface area contributed by atoms with Crippen LogP contribution in [-0.2, 0) is 5.41 Å². The molecule has 0 fully saturated rings. The molecule has 0 radical (unpaired) electrons. The van der Waals surface area contributed by atoms with Gasteiger partial charge in [0.25, 0.3) is 0 Å². The summed E-state index contributed by atoms with van der Waals surface area (Å²) in [4.78, 5) is 12.9. The molecular weight excluding hydrogens is 433 g/mol. The van der Waals surface area contributed by atoms with Gasteiger partial charge in [-0.2, -0.15) is 0 Å².